The van der Waals surface area contributed by atoms with Gasteiger partial charge in [0.25, 0.3) is 0 Å². The Morgan fingerprint density at radius 2 is 1.52 bits per heavy atom. The van der Waals surface area contributed by atoms with Gasteiger partial charge >= 0.3 is 5.97 Å². The first-order valence-corrected chi connectivity index (χ1v) is 9.27. The lowest BCUT2D eigenvalue weighted by Crippen LogP contribution is -2.15. The van der Waals surface area contributed by atoms with E-state index in [1.807, 2.05) is 48.5 Å². The van der Waals surface area contributed by atoms with Crippen LogP contribution < -0.4 is 9.47 Å². The average molecular weight is 388 g/mol. The molecule has 0 bridgehead atoms. The van der Waals surface area contributed by atoms with Crippen molar-refractivity contribution in [2.45, 2.75) is 12.3 Å². The second-order valence-corrected chi connectivity index (χ2v) is 6.76. The van der Waals surface area contributed by atoms with E-state index in [9.17, 15) is 9.59 Å². The monoisotopic (exact) mass is 388 g/mol. The van der Waals surface area contributed by atoms with Gasteiger partial charge in [0.2, 0.25) is 0 Å². The van der Waals surface area contributed by atoms with Crippen LogP contribution >= 0.6 is 0 Å². The van der Waals surface area contributed by atoms with Gasteiger partial charge in [-0.1, -0.05) is 42.5 Å². The molecule has 0 unspecified atom stereocenters. The van der Waals surface area contributed by atoms with E-state index in [1.54, 1.807) is 18.2 Å². The number of benzene rings is 3. The summed E-state index contributed by atoms with van der Waals surface area (Å²) in [5.41, 5.74) is 2.74. The van der Waals surface area contributed by atoms with Crippen LogP contribution in [0.1, 0.15) is 44.2 Å². The molecule has 0 atom stereocenters. The van der Waals surface area contributed by atoms with Crippen molar-refractivity contribution in [3.63, 3.8) is 0 Å². The molecule has 5 nitrogen and oxygen atoms in total. The van der Waals surface area contributed by atoms with Crippen LogP contribution in [-0.2, 0) is 4.74 Å². The van der Waals surface area contributed by atoms with Gasteiger partial charge in [-0.15, -0.1) is 0 Å². The SMILES string of the molecule is COC(=O)c1ccc(C(=O)CC2c3ccccc3Oc3ccccc32)cc1OC. The van der Waals surface area contributed by atoms with E-state index >= 15 is 0 Å². The fraction of sp³-hybridized carbons (Fsp3) is 0.167. The molecule has 0 aliphatic carbocycles. The summed E-state index contributed by atoms with van der Waals surface area (Å²) in [4.78, 5) is 25.0. The highest BCUT2D eigenvalue weighted by Crippen LogP contribution is 2.45. The molecule has 0 fully saturated rings. The predicted molar refractivity (Wildman–Crippen MR) is 108 cm³/mol. The number of carbonyl (C=O) groups excluding carboxylic acids is 2. The molecule has 1 heterocycles. The Balaban J connectivity index is 1.68. The van der Waals surface area contributed by atoms with Crippen molar-refractivity contribution < 1.29 is 23.8 Å². The molecule has 5 heteroatoms. The number of esters is 1. The first-order chi connectivity index (χ1) is 14.1. The first-order valence-electron chi connectivity index (χ1n) is 9.27. The Bertz CT molecular complexity index is 1040. The average Bonchev–Trinajstić information content (AvgIpc) is 2.77. The van der Waals surface area contributed by atoms with Gasteiger partial charge in [0.05, 0.1) is 14.2 Å². The number of hydrogen-bond acceptors (Lipinski definition) is 5. The van der Waals surface area contributed by atoms with Crippen molar-refractivity contribution in [3.05, 3.63) is 89.0 Å². The zero-order chi connectivity index (χ0) is 20.4. The lowest BCUT2D eigenvalue weighted by molar-refractivity contribution is 0.0596. The Morgan fingerprint density at radius 1 is 0.897 bits per heavy atom. The van der Waals surface area contributed by atoms with Crippen molar-refractivity contribution in [3.8, 4) is 17.2 Å². The highest BCUT2D eigenvalue weighted by atomic mass is 16.5. The van der Waals surface area contributed by atoms with E-state index in [2.05, 4.69) is 0 Å². The number of methoxy groups -OCH3 is 2. The summed E-state index contributed by atoms with van der Waals surface area (Å²) in [6.07, 6.45) is 0.276. The molecule has 1 aliphatic heterocycles. The van der Waals surface area contributed by atoms with Crippen LogP contribution in [0.2, 0.25) is 0 Å². The van der Waals surface area contributed by atoms with Crippen LogP contribution in [0.3, 0.4) is 0 Å². The third-order valence-electron chi connectivity index (χ3n) is 5.13. The summed E-state index contributed by atoms with van der Waals surface area (Å²) >= 11 is 0. The number of carbonyl (C=O) groups is 2. The quantitative estimate of drug-likeness (QED) is 0.455. The van der Waals surface area contributed by atoms with Gasteiger partial charge in [-0.3, -0.25) is 4.79 Å². The lowest BCUT2D eigenvalue weighted by Gasteiger charge is -2.27. The van der Waals surface area contributed by atoms with Gasteiger partial charge in [0.1, 0.15) is 22.8 Å². The van der Waals surface area contributed by atoms with Crippen LogP contribution in [0.5, 0.6) is 17.2 Å². The third-order valence-corrected chi connectivity index (χ3v) is 5.13. The summed E-state index contributed by atoms with van der Waals surface area (Å²) < 4.78 is 16.1. The molecule has 0 amide bonds. The molecule has 0 saturated heterocycles. The van der Waals surface area contributed by atoms with Crippen LogP contribution in [0.15, 0.2) is 66.7 Å². The van der Waals surface area contributed by atoms with Crippen molar-refractivity contribution in [1.29, 1.82) is 0 Å². The number of ether oxygens (including phenoxy) is 3. The third kappa shape index (κ3) is 3.47. The Morgan fingerprint density at radius 3 is 2.10 bits per heavy atom. The van der Waals surface area contributed by atoms with Crippen LogP contribution in [0.25, 0.3) is 0 Å². The van der Waals surface area contributed by atoms with Crippen LogP contribution in [-0.4, -0.2) is 26.0 Å². The lowest BCUT2D eigenvalue weighted by atomic mass is 9.83. The summed E-state index contributed by atoms with van der Waals surface area (Å²) in [5, 5.41) is 0. The molecule has 29 heavy (non-hydrogen) atoms. The van der Waals surface area contributed by atoms with E-state index in [0.717, 1.165) is 22.6 Å². The molecule has 0 saturated carbocycles. The Hall–Kier alpha value is -3.60. The van der Waals surface area contributed by atoms with E-state index in [4.69, 9.17) is 14.2 Å². The minimum Gasteiger partial charge on any atom is -0.496 e. The second kappa shape index (κ2) is 7.80. The zero-order valence-electron chi connectivity index (χ0n) is 16.2. The Labute approximate surface area is 168 Å². The summed E-state index contributed by atoms with van der Waals surface area (Å²) in [6, 6.07) is 20.3. The van der Waals surface area contributed by atoms with Crippen LogP contribution in [0.4, 0.5) is 0 Å². The maximum atomic E-state index is 13.1. The normalized spacial score (nSPS) is 12.3. The fourth-order valence-corrected chi connectivity index (χ4v) is 3.68. The van der Waals surface area contributed by atoms with Gasteiger partial charge in [-0.05, 0) is 24.3 Å². The van der Waals surface area contributed by atoms with Gasteiger partial charge in [0, 0.05) is 29.0 Å². The number of fused-ring (bicyclic) bond motifs is 2. The number of para-hydroxylation sites is 2. The smallest absolute Gasteiger partial charge is 0.341 e. The number of Topliss-reactive ketones (excluding diaryl/α,β-unsaturated/α-hetero) is 1. The van der Waals surface area contributed by atoms with E-state index in [0.29, 0.717) is 11.3 Å². The Kier molecular flexibility index (Phi) is 5.04. The van der Waals surface area contributed by atoms with E-state index in [-0.39, 0.29) is 23.7 Å². The van der Waals surface area contributed by atoms with Gasteiger partial charge < -0.3 is 14.2 Å². The van der Waals surface area contributed by atoms with Crippen molar-refractivity contribution in [1.82, 2.24) is 0 Å². The maximum absolute atomic E-state index is 13.1. The van der Waals surface area contributed by atoms with Gasteiger partial charge in [-0.25, -0.2) is 4.79 Å². The fourth-order valence-electron chi connectivity index (χ4n) is 3.68. The van der Waals surface area contributed by atoms with E-state index < -0.39 is 5.97 Å². The minimum atomic E-state index is -0.506. The molecule has 3 aromatic rings. The number of hydrogen-bond donors (Lipinski definition) is 0. The molecule has 0 spiro atoms. The molecule has 0 N–H and O–H groups in total. The second-order valence-electron chi connectivity index (χ2n) is 6.76. The highest BCUT2D eigenvalue weighted by molar-refractivity contribution is 6.00. The van der Waals surface area contributed by atoms with Gasteiger partial charge in [-0.2, -0.15) is 0 Å². The predicted octanol–water partition coefficient (Wildman–Crippen LogP) is 4.99. The van der Waals surface area contributed by atoms with Crippen LogP contribution in [0, 0.1) is 0 Å². The number of ketones is 1. The molecule has 1 aliphatic rings. The van der Waals surface area contributed by atoms with Gasteiger partial charge in [0.15, 0.2) is 5.78 Å². The summed E-state index contributed by atoms with van der Waals surface area (Å²) in [5.74, 6) is 1.18. The van der Waals surface area contributed by atoms with Crippen molar-refractivity contribution in [2.24, 2.45) is 0 Å². The van der Waals surface area contributed by atoms with E-state index in [1.165, 1.54) is 14.2 Å². The zero-order valence-corrected chi connectivity index (χ0v) is 16.2. The molecule has 3 aromatic carbocycles. The minimum absolute atomic E-state index is 0.0452. The van der Waals surface area contributed by atoms with Crippen molar-refractivity contribution in [2.75, 3.05) is 14.2 Å². The maximum Gasteiger partial charge on any atom is 0.341 e. The standard InChI is InChI=1S/C24H20O5/c1-27-23-13-15(11-12-18(23)24(26)28-2)20(25)14-19-16-7-3-5-9-21(16)29-22-10-6-4-8-17(19)22/h3-13,19H,14H2,1-2H3. The number of rotatable bonds is 5. The molecule has 0 radical (unpaired) electrons. The first kappa shape index (κ1) is 18.7. The largest absolute Gasteiger partial charge is 0.496 e. The molecular weight excluding hydrogens is 368 g/mol. The van der Waals surface area contributed by atoms with Crippen molar-refractivity contribution >= 4 is 11.8 Å². The summed E-state index contributed by atoms with van der Waals surface area (Å²) in [7, 11) is 2.77. The topological polar surface area (TPSA) is 61.8 Å². The molecular formula is C24H20O5. The molecule has 4 rings (SSSR count). The molecule has 146 valence electrons. The molecule has 0 aromatic heterocycles. The summed E-state index contributed by atoms with van der Waals surface area (Å²) in [6.45, 7) is 0. The highest BCUT2D eigenvalue weighted by Gasteiger charge is 2.29.